The van der Waals surface area contributed by atoms with E-state index in [1.165, 1.54) is 25.0 Å². The van der Waals surface area contributed by atoms with Crippen LogP contribution >= 0.6 is 11.6 Å². The lowest BCUT2D eigenvalue weighted by Gasteiger charge is -2.32. The summed E-state index contributed by atoms with van der Waals surface area (Å²) in [7, 11) is 0. The van der Waals surface area contributed by atoms with Crippen molar-refractivity contribution in [3.05, 3.63) is 34.6 Å². The van der Waals surface area contributed by atoms with E-state index in [1.54, 1.807) is 11.0 Å². The Morgan fingerprint density at radius 1 is 1.29 bits per heavy atom. The Labute approximate surface area is 129 Å². The Morgan fingerprint density at radius 3 is 2.67 bits per heavy atom. The molecule has 0 radical (unpaired) electrons. The smallest absolute Gasteiger partial charge is 0.255 e. The maximum Gasteiger partial charge on any atom is 0.255 e. The van der Waals surface area contributed by atoms with Gasteiger partial charge in [0.15, 0.2) is 0 Å². The van der Waals surface area contributed by atoms with E-state index in [2.05, 4.69) is 5.32 Å². The van der Waals surface area contributed by atoms with Crippen LogP contribution in [0.1, 0.15) is 36.0 Å². The minimum Gasteiger partial charge on any atom is -0.338 e. The van der Waals surface area contributed by atoms with Gasteiger partial charge in [0.1, 0.15) is 5.82 Å². The van der Waals surface area contributed by atoms with Crippen LogP contribution in [0.4, 0.5) is 4.39 Å². The number of nitrogens with zero attached hydrogens (tertiary/aromatic N) is 1. The van der Waals surface area contributed by atoms with Crippen LogP contribution in [0.15, 0.2) is 18.2 Å². The number of likely N-dealkylation sites (tertiary alicyclic amines) is 1. The first-order valence-electron chi connectivity index (χ1n) is 7.62. The SMILES string of the molecule is O=C(c1cccc(F)c1Cl)N1CCC(NCC2CC2)CC1. The van der Waals surface area contributed by atoms with Crippen LogP contribution in [-0.4, -0.2) is 36.5 Å². The number of rotatable bonds is 4. The Balaban J connectivity index is 1.55. The summed E-state index contributed by atoms with van der Waals surface area (Å²) < 4.78 is 13.4. The fourth-order valence-corrected chi connectivity index (χ4v) is 2.99. The van der Waals surface area contributed by atoms with Gasteiger partial charge in [0.2, 0.25) is 0 Å². The Morgan fingerprint density at radius 2 is 2.00 bits per heavy atom. The van der Waals surface area contributed by atoms with Gasteiger partial charge in [-0.15, -0.1) is 0 Å². The zero-order valence-corrected chi connectivity index (χ0v) is 12.7. The lowest BCUT2D eigenvalue weighted by atomic mass is 10.0. The van der Waals surface area contributed by atoms with E-state index in [4.69, 9.17) is 11.6 Å². The first kappa shape index (κ1) is 14.8. The molecule has 2 fully saturated rings. The Bertz CT molecular complexity index is 525. The summed E-state index contributed by atoms with van der Waals surface area (Å²) in [6.45, 7) is 2.51. The van der Waals surface area contributed by atoms with E-state index in [9.17, 15) is 9.18 Å². The predicted molar refractivity (Wildman–Crippen MR) is 81.1 cm³/mol. The van der Waals surface area contributed by atoms with Crippen molar-refractivity contribution in [3.63, 3.8) is 0 Å². The zero-order valence-electron chi connectivity index (χ0n) is 11.9. The molecule has 1 heterocycles. The van der Waals surface area contributed by atoms with E-state index in [1.807, 2.05) is 0 Å². The Kier molecular flexibility index (Phi) is 4.45. The monoisotopic (exact) mass is 310 g/mol. The molecule has 3 rings (SSSR count). The van der Waals surface area contributed by atoms with E-state index in [-0.39, 0.29) is 16.5 Å². The van der Waals surface area contributed by atoms with Gasteiger partial charge in [-0.25, -0.2) is 4.39 Å². The number of nitrogens with one attached hydrogen (secondary N) is 1. The number of hydrogen-bond donors (Lipinski definition) is 1. The molecule has 3 nitrogen and oxygen atoms in total. The van der Waals surface area contributed by atoms with Crippen LogP contribution in [0.2, 0.25) is 5.02 Å². The van der Waals surface area contributed by atoms with Crippen molar-refractivity contribution in [3.8, 4) is 0 Å². The topological polar surface area (TPSA) is 32.3 Å². The molecule has 0 atom stereocenters. The second-order valence-corrected chi connectivity index (χ2v) is 6.40. The summed E-state index contributed by atoms with van der Waals surface area (Å²) in [4.78, 5) is 14.2. The molecule has 0 spiro atoms. The third-order valence-electron chi connectivity index (χ3n) is 4.36. The Hall–Kier alpha value is -1.13. The molecule has 0 unspecified atom stereocenters. The highest BCUT2D eigenvalue weighted by atomic mass is 35.5. The lowest BCUT2D eigenvalue weighted by Crippen LogP contribution is -2.45. The lowest BCUT2D eigenvalue weighted by molar-refractivity contribution is 0.0704. The van der Waals surface area contributed by atoms with Gasteiger partial charge in [-0.1, -0.05) is 17.7 Å². The summed E-state index contributed by atoms with van der Waals surface area (Å²) in [5.74, 6) is 0.166. The number of carbonyl (C=O) groups excluding carboxylic acids is 1. The fourth-order valence-electron chi connectivity index (χ4n) is 2.78. The van der Waals surface area contributed by atoms with Gasteiger partial charge < -0.3 is 10.2 Å². The zero-order chi connectivity index (χ0) is 14.8. The van der Waals surface area contributed by atoms with E-state index < -0.39 is 5.82 Å². The standard InChI is InChI=1S/C16H20ClFN2O/c17-15-13(2-1-3-14(15)18)16(21)20-8-6-12(7-9-20)19-10-11-4-5-11/h1-3,11-12,19H,4-10H2. The molecule has 21 heavy (non-hydrogen) atoms. The summed E-state index contributed by atoms with van der Waals surface area (Å²) in [5.41, 5.74) is 0.265. The largest absolute Gasteiger partial charge is 0.338 e. The summed E-state index contributed by atoms with van der Waals surface area (Å²) in [5, 5.41) is 3.51. The highest BCUT2D eigenvalue weighted by Gasteiger charge is 2.27. The minimum absolute atomic E-state index is 0.0727. The average Bonchev–Trinajstić information content (AvgIpc) is 3.32. The molecular formula is C16H20ClFN2O. The third kappa shape index (κ3) is 3.55. The molecule has 5 heteroatoms. The number of piperidine rings is 1. The first-order chi connectivity index (χ1) is 10.1. The van der Waals surface area contributed by atoms with Crippen molar-refractivity contribution >= 4 is 17.5 Å². The molecule has 2 aliphatic rings. The second-order valence-electron chi connectivity index (χ2n) is 6.02. The number of halogens is 2. The van der Waals surface area contributed by atoms with Crippen LogP contribution in [0.5, 0.6) is 0 Å². The molecule has 1 saturated heterocycles. The van der Waals surface area contributed by atoms with Crippen LogP contribution in [0.25, 0.3) is 0 Å². The fraction of sp³-hybridized carbons (Fsp3) is 0.562. The van der Waals surface area contributed by atoms with Crippen LogP contribution in [0, 0.1) is 11.7 Å². The second kappa shape index (κ2) is 6.32. The van der Waals surface area contributed by atoms with Gasteiger partial charge in [0, 0.05) is 19.1 Å². The molecule has 114 valence electrons. The average molecular weight is 311 g/mol. The molecule has 0 bridgehead atoms. The molecule has 1 aromatic rings. The van der Waals surface area contributed by atoms with Crippen LogP contribution < -0.4 is 5.32 Å². The minimum atomic E-state index is -0.538. The number of carbonyl (C=O) groups is 1. The van der Waals surface area contributed by atoms with Gasteiger partial charge in [-0.3, -0.25) is 4.79 Å². The highest BCUT2D eigenvalue weighted by molar-refractivity contribution is 6.34. The van der Waals surface area contributed by atoms with Crippen molar-refractivity contribution in [1.29, 1.82) is 0 Å². The molecule has 1 aliphatic heterocycles. The quantitative estimate of drug-likeness (QED) is 0.927. The summed E-state index contributed by atoms with van der Waals surface area (Å²) in [6.07, 6.45) is 4.60. The summed E-state index contributed by atoms with van der Waals surface area (Å²) >= 11 is 5.89. The molecule has 0 aromatic heterocycles. The van der Waals surface area contributed by atoms with Crippen molar-refractivity contribution in [2.45, 2.75) is 31.7 Å². The van der Waals surface area contributed by atoms with Crippen LogP contribution in [0.3, 0.4) is 0 Å². The molecule has 1 saturated carbocycles. The van der Waals surface area contributed by atoms with Gasteiger partial charge >= 0.3 is 0 Å². The molecule has 1 aliphatic carbocycles. The molecule has 1 aromatic carbocycles. The van der Waals surface area contributed by atoms with Crippen molar-refractivity contribution < 1.29 is 9.18 Å². The van der Waals surface area contributed by atoms with E-state index >= 15 is 0 Å². The van der Waals surface area contributed by atoms with Crippen molar-refractivity contribution in [2.75, 3.05) is 19.6 Å². The van der Waals surface area contributed by atoms with Crippen molar-refractivity contribution in [1.82, 2.24) is 10.2 Å². The molecular weight excluding hydrogens is 291 g/mol. The molecule has 1 N–H and O–H groups in total. The van der Waals surface area contributed by atoms with Crippen molar-refractivity contribution in [2.24, 2.45) is 5.92 Å². The summed E-state index contributed by atoms with van der Waals surface area (Å²) in [6, 6.07) is 4.88. The van der Waals surface area contributed by atoms with Crippen LogP contribution in [-0.2, 0) is 0 Å². The maximum absolute atomic E-state index is 13.4. The number of hydrogen-bond acceptors (Lipinski definition) is 2. The molecule has 1 amide bonds. The third-order valence-corrected chi connectivity index (χ3v) is 4.74. The van der Waals surface area contributed by atoms with Gasteiger partial charge in [-0.2, -0.15) is 0 Å². The first-order valence-corrected chi connectivity index (χ1v) is 7.99. The van der Waals surface area contributed by atoms with E-state index in [0.29, 0.717) is 19.1 Å². The van der Waals surface area contributed by atoms with Gasteiger partial charge in [0.05, 0.1) is 10.6 Å². The number of amides is 1. The predicted octanol–water partition coefficient (Wildman–Crippen LogP) is 3.08. The van der Waals surface area contributed by atoms with Gasteiger partial charge in [0.25, 0.3) is 5.91 Å². The highest BCUT2D eigenvalue weighted by Crippen LogP contribution is 2.28. The normalized spacial score (nSPS) is 19.8. The van der Waals surface area contributed by atoms with E-state index in [0.717, 1.165) is 25.3 Å². The van der Waals surface area contributed by atoms with Gasteiger partial charge in [-0.05, 0) is 50.3 Å². The maximum atomic E-state index is 13.4. The number of benzene rings is 1.